The van der Waals surface area contributed by atoms with Crippen molar-refractivity contribution >= 4 is 12.0 Å². The van der Waals surface area contributed by atoms with Gasteiger partial charge in [-0.05, 0) is 30.1 Å². The second-order valence-electron chi connectivity index (χ2n) is 5.16. The zero-order valence-electron chi connectivity index (χ0n) is 12.4. The molecule has 1 N–H and O–H groups in total. The molecule has 0 saturated carbocycles. The van der Waals surface area contributed by atoms with Crippen molar-refractivity contribution < 1.29 is 14.1 Å². The van der Waals surface area contributed by atoms with Gasteiger partial charge in [0, 0.05) is 24.7 Å². The second kappa shape index (κ2) is 6.46. The Hall–Kier alpha value is -2.57. The molecule has 0 atom stereocenters. The number of ether oxygens (including phenoxy) is 1. The fraction of sp³-hybridized carbons (Fsp3) is 0.400. The Morgan fingerprint density at radius 1 is 1.32 bits per heavy atom. The number of rotatable bonds is 3. The van der Waals surface area contributed by atoms with Crippen LogP contribution in [0.2, 0.25) is 0 Å². The number of nitrogens with one attached hydrogen (secondary N) is 1. The van der Waals surface area contributed by atoms with Gasteiger partial charge in [-0.2, -0.15) is 4.98 Å². The van der Waals surface area contributed by atoms with Crippen LogP contribution in [0.15, 0.2) is 34.9 Å². The summed E-state index contributed by atoms with van der Waals surface area (Å²) < 4.78 is 9.98. The lowest BCUT2D eigenvalue weighted by Gasteiger charge is -2.30. The van der Waals surface area contributed by atoms with E-state index in [0.717, 1.165) is 18.4 Å². The van der Waals surface area contributed by atoms with Crippen LogP contribution in [-0.4, -0.2) is 47.4 Å². The third-order valence-corrected chi connectivity index (χ3v) is 3.71. The number of methoxy groups -OCH3 is 1. The van der Waals surface area contributed by atoms with Crippen LogP contribution in [0, 0.1) is 0 Å². The maximum Gasteiger partial charge on any atom is 0.409 e. The Labute approximate surface area is 128 Å². The van der Waals surface area contributed by atoms with Gasteiger partial charge >= 0.3 is 6.09 Å². The van der Waals surface area contributed by atoms with Gasteiger partial charge in [-0.25, -0.2) is 4.79 Å². The van der Waals surface area contributed by atoms with Crippen LogP contribution in [0.3, 0.4) is 0 Å². The van der Waals surface area contributed by atoms with Crippen molar-refractivity contribution in [3.8, 4) is 11.5 Å². The lowest BCUT2D eigenvalue weighted by atomic mass is 10.1. The number of carbonyl (C=O) groups excluding carboxylic acids is 1. The SMILES string of the molecule is COC(=O)N1CCC(Nc2noc(-c3ccccc3)n2)CC1. The average Bonchev–Trinajstić information content (AvgIpc) is 3.04. The molecule has 0 aliphatic carbocycles. The summed E-state index contributed by atoms with van der Waals surface area (Å²) in [4.78, 5) is 17.5. The Bertz CT molecular complexity index is 621. The lowest BCUT2D eigenvalue weighted by molar-refractivity contribution is 0.113. The van der Waals surface area contributed by atoms with E-state index in [-0.39, 0.29) is 12.1 Å². The number of hydrogen-bond donors (Lipinski definition) is 1. The van der Waals surface area contributed by atoms with Crippen LogP contribution >= 0.6 is 0 Å². The van der Waals surface area contributed by atoms with Gasteiger partial charge in [0.2, 0.25) is 0 Å². The molecule has 0 unspecified atom stereocenters. The molecule has 7 nitrogen and oxygen atoms in total. The highest BCUT2D eigenvalue weighted by molar-refractivity contribution is 5.67. The number of hydrogen-bond acceptors (Lipinski definition) is 6. The second-order valence-corrected chi connectivity index (χ2v) is 5.16. The predicted octanol–water partition coefficient (Wildman–Crippen LogP) is 2.38. The molecule has 1 aliphatic rings. The molecule has 1 aromatic carbocycles. The van der Waals surface area contributed by atoms with E-state index < -0.39 is 0 Å². The first-order valence-electron chi connectivity index (χ1n) is 7.25. The van der Waals surface area contributed by atoms with Crippen LogP contribution in [-0.2, 0) is 4.74 Å². The van der Waals surface area contributed by atoms with Gasteiger partial charge in [-0.1, -0.05) is 18.2 Å². The molecule has 0 radical (unpaired) electrons. The van der Waals surface area contributed by atoms with E-state index in [0.29, 0.717) is 24.9 Å². The topological polar surface area (TPSA) is 80.5 Å². The summed E-state index contributed by atoms with van der Waals surface area (Å²) in [6, 6.07) is 9.86. The van der Waals surface area contributed by atoms with Crippen molar-refractivity contribution in [2.75, 3.05) is 25.5 Å². The van der Waals surface area contributed by atoms with Crippen LogP contribution in [0.4, 0.5) is 10.7 Å². The van der Waals surface area contributed by atoms with Crippen LogP contribution in [0.1, 0.15) is 12.8 Å². The van der Waals surface area contributed by atoms with Gasteiger partial charge in [-0.15, -0.1) is 0 Å². The van der Waals surface area contributed by atoms with E-state index in [2.05, 4.69) is 15.5 Å². The van der Waals surface area contributed by atoms with E-state index in [4.69, 9.17) is 9.26 Å². The molecular formula is C15H18N4O3. The highest BCUT2D eigenvalue weighted by Crippen LogP contribution is 2.20. The first kappa shape index (κ1) is 14.4. The van der Waals surface area contributed by atoms with Gasteiger partial charge < -0.3 is 19.5 Å². The number of anilines is 1. The molecule has 1 amide bonds. The summed E-state index contributed by atoms with van der Waals surface area (Å²) in [7, 11) is 1.40. The molecule has 116 valence electrons. The monoisotopic (exact) mass is 302 g/mol. The summed E-state index contributed by atoms with van der Waals surface area (Å²) in [5.41, 5.74) is 0.892. The average molecular weight is 302 g/mol. The number of likely N-dealkylation sites (tertiary alicyclic amines) is 1. The van der Waals surface area contributed by atoms with Crippen molar-refractivity contribution in [2.24, 2.45) is 0 Å². The van der Waals surface area contributed by atoms with Gasteiger partial charge in [0.1, 0.15) is 0 Å². The summed E-state index contributed by atoms with van der Waals surface area (Å²) in [5.74, 6) is 0.977. The van der Waals surface area contributed by atoms with Crippen molar-refractivity contribution in [3.63, 3.8) is 0 Å². The minimum Gasteiger partial charge on any atom is -0.453 e. The van der Waals surface area contributed by atoms with Crippen molar-refractivity contribution in [1.82, 2.24) is 15.0 Å². The number of aromatic nitrogens is 2. The number of carbonyl (C=O) groups is 1. The van der Waals surface area contributed by atoms with Gasteiger partial charge in [-0.3, -0.25) is 0 Å². The van der Waals surface area contributed by atoms with Gasteiger partial charge in [0.05, 0.1) is 7.11 Å². The van der Waals surface area contributed by atoms with E-state index in [9.17, 15) is 4.79 Å². The van der Waals surface area contributed by atoms with Gasteiger partial charge in [0.25, 0.3) is 11.8 Å². The molecule has 0 spiro atoms. The normalized spacial score (nSPS) is 15.6. The highest BCUT2D eigenvalue weighted by atomic mass is 16.5. The lowest BCUT2D eigenvalue weighted by Crippen LogP contribution is -2.42. The first-order valence-corrected chi connectivity index (χ1v) is 7.25. The predicted molar refractivity (Wildman–Crippen MR) is 80.4 cm³/mol. The highest BCUT2D eigenvalue weighted by Gasteiger charge is 2.24. The molecule has 1 fully saturated rings. The fourth-order valence-corrected chi connectivity index (χ4v) is 2.50. The molecule has 22 heavy (non-hydrogen) atoms. The molecule has 1 aromatic heterocycles. The Morgan fingerprint density at radius 3 is 2.73 bits per heavy atom. The summed E-state index contributed by atoms with van der Waals surface area (Å²) in [6.07, 6.45) is 1.37. The summed E-state index contributed by atoms with van der Waals surface area (Å²) >= 11 is 0. The number of amides is 1. The maximum atomic E-state index is 11.4. The Balaban J connectivity index is 1.57. The molecule has 2 aromatic rings. The van der Waals surface area contributed by atoms with Crippen LogP contribution < -0.4 is 5.32 Å². The Morgan fingerprint density at radius 2 is 2.05 bits per heavy atom. The minimum absolute atomic E-state index is 0.224. The Kier molecular flexibility index (Phi) is 4.22. The van der Waals surface area contributed by atoms with Gasteiger partial charge in [0.15, 0.2) is 0 Å². The van der Waals surface area contributed by atoms with E-state index >= 15 is 0 Å². The summed E-state index contributed by atoms with van der Waals surface area (Å²) in [5, 5.41) is 7.21. The van der Waals surface area contributed by atoms with E-state index in [1.165, 1.54) is 7.11 Å². The maximum absolute atomic E-state index is 11.4. The molecule has 7 heteroatoms. The number of piperidine rings is 1. The third-order valence-electron chi connectivity index (χ3n) is 3.71. The zero-order valence-corrected chi connectivity index (χ0v) is 12.4. The molecule has 1 saturated heterocycles. The number of nitrogens with zero attached hydrogens (tertiary/aromatic N) is 3. The molecule has 2 heterocycles. The van der Waals surface area contributed by atoms with Crippen LogP contribution in [0.25, 0.3) is 11.5 Å². The molecule has 0 bridgehead atoms. The minimum atomic E-state index is -0.274. The van der Waals surface area contributed by atoms with Crippen molar-refractivity contribution in [1.29, 1.82) is 0 Å². The van der Waals surface area contributed by atoms with E-state index in [1.54, 1.807) is 4.90 Å². The molecule has 1 aliphatic heterocycles. The molecular weight excluding hydrogens is 284 g/mol. The molecule has 3 rings (SSSR count). The van der Waals surface area contributed by atoms with E-state index in [1.807, 2.05) is 30.3 Å². The third kappa shape index (κ3) is 3.19. The largest absolute Gasteiger partial charge is 0.453 e. The van der Waals surface area contributed by atoms with Crippen molar-refractivity contribution in [2.45, 2.75) is 18.9 Å². The smallest absolute Gasteiger partial charge is 0.409 e. The zero-order chi connectivity index (χ0) is 15.4. The standard InChI is InChI=1S/C15H18N4O3/c1-21-15(20)19-9-7-12(8-10-19)16-14-17-13(22-18-14)11-5-3-2-4-6-11/h2-6,12H,7-10H2,1H3,(H,16,18). The number of benzene rings is 1. The first-order chi connectivity index (χ1) is 10.8. The van der Waals surface area contributed by atoms with Crippen molar-refractivity contribution in [3.05, 3.63) is 30.3 Å². The quantitative estimate of drug-likeness (QED) is 0.937. The fourth-order valence-electron chi connectivity index (χ4n) is 2.50. The van der Waals surface area contributed by atoms with Crippen LogP contribution in [0.5, 0.6) is 0 Å². The summed E-state index contributed by atoms with van der Waals surface area (Å²) in [6.45, 7) is 1.32.